The van der Waals surface area contributed by atoms with Crippen molar-refractivity contribution >= 4 is 5.97 Å². The van der Waals surface area contributed by atoms with Gasteiger partial charge in [-0.05, 0) is 19.3 Å². The molecule has 0 amide bonds. The van der Waals surface area contributed by atoms with Gasteiger partial charge in [-0.1, -0.05) is 6.92 Å². The van der Waals surface area contributed by atoms with Gasteiger partial charge in [0.1, 0.15) is 6.17 Å². The van der Waals surface area contributed by atoms with Crippen LogP contribution in [0.15, 0.2) is 0 Å². The minimum atomic E-state index is -2.78. The van der Waals surface area contributed by atoms with Crippen molar-refractivity contribution in [3.63, 3.8) is 0 Å². The van der Waals surface area contributed by atoms with Crippen LogP contribution in [0.5, 0.6) is 0 Å². The average Bonchev–Trinajstić information content (AvgIpc) is 2.42. The number of carbonyl (C=O) groups is 1. The molecule has 120 valence electrons. The fourth-order valence-corrected chi connectivity index (χ4v) is 1.49. The zero-order chi connectivity index (χ0) is 15.7. The Kier molecular flexibility index (Phi) is 9.45. The maximum absolute atomic E-state index is 13.3. The van der Waals surface area contributed by atoms with Crippen LogP contribution in [-0.4, -0.2) is 55.1 Å². The minimum absolute atomic E-state index is 0.0281. The van der Waals surface area contributed by atoms with Gasteiger partial charge in [-0.15, -0.1) is 0 Å². The van der Waals surface area contributed by atoms with Crippen molar-refractivity contribution in [2.45, 2.75) is 57.0 Å². The maximum atomic E-state index is 13.3. The van der Waals surface area contributed by atoms with Gasteiger partial charge < -0.3 is 9.84 Å². The number of carboxylic acids is 1. The van der Waals surface area contributed by atoms with Gasteiger partial charge in [0.25, 0.3) is 0 Å². The van der Waals surface area contributed by atoms with Gasteiger partial charge in [0.05, 0.1) is 13.3 Å². The number of carboxylic acid groups (broad SMARTS) is 1. The molecule has 0 fully saturated rings. The molecule has 0 rings (SSSR count). The Morgan fingerprint density at radius 2 is 1.70 bits per heavy atom. The molecule has 0 aliphatic heterocycles. The molecular formula is C12H19F5O3. The van der Waals surface area contributed by atoms with Crippen molar-refractivity contribution in [2.75, 3.05) is 13.3 Å². The van der Waals surface area contributed by atoms with E-state index in [9.17, 15) is 26.7 Å². The largest absolute Gasteiger partial charge is 0.479 e. The van der Waals surface area contributed by atoms with Gasteiger partial charge in [-0.2, -0.15) is 0 Å². The van der Waals surface area contributed by atoms with Gasteiger partial charge in [0, 0.05) is 0 Å². The average molecular weight is 306 g/mol. The van der Waals surface area contributed by atoms with Gasteiger partial charge >= 0.3 is 5.97 Å². The highest BCUT2D eigenvalue weighted by atomic mass is 19.2. The first kappa shape index (κ1) is 19.1. The summed E-state index contributed by atoms with van der Waals surface area (Å²) in [5.41, 5.74) is 0. The molecule has 20 heavy (non-hydrogen) atoms. The fourth-order valence-electron chi connectivity index (χ4n) is 1.49. The number of alkyl halides is 5. The van der Waals surface area contributed by atoms with Crippen molar-refractivity contribution in [3.8, 4) is 0 Å². The van der Waals surface area contributed by atoms with E-state index >= 15 is 0 Å². The van der Waals surface area contributed by atoms with Gasteiger partial charge in [-0.25, -0.2) is 22.4 Å². The zero-order valence-corrected chi connectivity index (χ0v) is 11.1. The second-order valence-electron chi connectivity index (χ2n) is 4.32. The second-order valence-corrected chi connectivity index (χ2v) is 4.32. The van der Waals surface area contributed by atoms with E-state index < -0.39 is 56.5 Å². The molecule has 0 aromatic rings. The van der Waals surface area contributed by atoms with Crippen LogP contribution >= 0.6 is 0 Å². The molecule has 0 bridgehead atoms. The summed E-state index contributed by atoms with van der Waals surface area (Å²) in [7, 11) is 0. The standard InChI is InChI=1S/C12H19F5O3/c1-2-9(12(18)19)20-6-8(15)11(17)10(16)7(14)4-3-5-13/h7-11H,2-6H2,1H3,(H,18,19). The summed E-state index contributed by atoms with van der Waals surface area (Å²) in [4.78, 5) is 10.6. The first-order chi connectivity index (χ1) is 9.34. The lowest BCUT2D eigenvalue weighted by molar-refractivity contribution is -0.152. The Hall–Kier alpha value is -0.920. The van der Waals surface area contributed by atoms with Crippen LogP contribution in [0.25, 0.3) is 0 Å². The quantitative estimate of drug-likeness (QED) is 0.597. The predicted octanol–water partition coefficient (Wildman–Crippen LogP) is 2.97. The van der Waals surface area contributed by atoms with Crippen LogP contribution in [-0.2, 0) is 9.53 Å². The minimum Gasteiger partial charge on any atom is -0.479 e. The maximum Gasteiger partial charge on any atom is 0.332 e. The lowest BCUT2D eigenvalue weighted by Crippen LogP contribution is -2.38. The Morgan fingerprint density at radius 1 is 1.15 bits per heavy atom. The first-order valence-corrected chi connectivity index (χ1v) is 6.31. The molecule has 0 spiro atoms. The number of rotatable bonds is 11. The van der Waals surface area contributed by atoms with Crippen molar-refractivity contribution in [1.29, 1.82) is 0 Å². The number of ether oxygens (including phenoxy) is 1. The Bertz CT molecular complexity index is 280. The van der Waals surface area contributed by atoms with E-state index in [1.54, 1.807) is 0 Å². The molecule has 0 heterocycles. The molecule has 5 atom stereocenters. The lowest BCUT2D eigenvalue weighted by Gasteiger charge is -2.21. The van der Waals surface area contributed by atoms with E-state index in [2.05, 4.69) is 4.74 Å². The summed E-state index contributed by atoms with van der Waals surface area (Å²) in [6.45, 7) is -0.392. The van der Waals surface area contributed by atoms with E-state index in [1.807, 2.05) is 0 Å². The normalized spacial score (nSPS) is 19.1. The molecule has 0 aliphatic carbocycles. The van der Waals surface area contributed by atoms with Gasteiger partial charge in [-0.3, -0.25) is 4.39 Å². The summed E-state index contributed by atoms with van der Waals surface area (Å²) in [6.07, 6.45) is -12.4. The molecule has 1 N–H and O–H groups in total. The summed E-state index contributed by atoms with van der Waals surface area (Å²) in [6, 6.07) is 0. The molecule has 0 aromatic heterocycles. The van der Waals surface area contributed by atoms with Crippen LogP contribution in [0.2, 0.25) is 0 Å². The van der Waals surface area contributed by atoms with E-state index in [1.165, 1.54) is 6.92 Å². The van der Waals surface area contributed by atoms with Crippen molar-refractivity contribution < 1.29 is 36.6 Å². The molecule has 0 aliphatic rings. The summed E-state index contributed by atoms with van der Waals surface area (Å²) < 4.78 is 69.3. The topological polar surface area (TPSA) is 46.5 Å². The van der Waals surface area contributed by atoms with Gasteiger partial charge in [0.2, 0.25) is 0 Å². The molecule has 0 aromatic carbocycles. The third-order valence-electron chi connectivity index (χ3n) is 2.71. The second kappa shape index (κ2) is 9.90. The zero-order valence-electron chi connectivity index (χ0n) is 11.1. The predicted molar refractivity (Wildman–Crippen MR) is 62.5 cm³/mol. The number of hydrogen-bond acceptors (Lipinski definition) is 2. The molecular weight excluding hydrogens is 287 g/mol. The van der Waals surface area contributed by atoms with Crippen LogP contribution in [0, 0.1) is 0 Å². The smallest absolute Gasteiger partial charge is 0.332 e. The van der Waals surface area contributed by atoms with E-state index in [0.29, 0.717) is 0 Å². The van der Waals surface area contributed by atoms with Crippen LogP contribution in [0.1, 0.15) is 26.2 Å². The first-order valence-electron chi connectivity index (χ1n) is 6.31. The fraction of sp³-hybridized carbons (Fsp3) is 0.917. The Labute approximate surface area is 114 Å². The third kappa shape index (κ3) is 6.49. The molecule has 8 heteroatoms. The van der Waals surface area contributed by atoms with Gasteiger partial charge in [0.15, 0.2) is 24.6 Å². The Balaban J connectivity index is 4.24. The molecule has 3 nitrogen and oxygen atoms in total. The number of aliphatic carboxylic acids is 1. The van der Waals surface area contributed by atoms with E-state index in [0.717, 1.165) is 0 Å². The van der Waals surface area contributed by atoms with Crippen molar-refractivity contribution in [2.24, 2.45) is 0 Å². The van der Waals surface area contributed by atoms with Crippen LogP contribution in [0.4, 0.5) is 22.0 Å². The number of hydrogen-bond donors (Lipinski definition) is 1. The molecule has 0 radical (unpaired) electrons. The third-order valence-corrected chi connectivity index (χ3v) is 2.71. The van der Waals surface area contributed by atoms with Crippen LogP contribution in [0.3, 0.4) is 0 Å². The highest BCUT2D eigenvalue weighted by Crippen LogP contribution is 2.21. The summed E-state index contributed by atoms with van der Waals surface area (Å²) in [5, 5.41) is 8.61. The highest BCUT2D eigenvalue weighted by Gasteiger charge is 2.36. The van der Waals surface area contributed by atoms with Crippen LogP contribution < -0.4 is 0 Å². The lowest BCUT2D eigenvalue weighted by atomic mass is 10.0. The monoisotopic (exact) mass is 306 g/mol. The SMILES string of the molecule is CCC(OCC(F)C(F)C(F)C(F)CCCF)C(=O)O. The molecule has 0 saturated carbocycles. The van der Waals surface area contributed by atoms with E-state index in [-0.39, 0.29) is 12.8 Å². The molecule has 0 saturated heterocycles. The summed E-state index contributed by atoms with van der Waals surface area (Å²) >= 11 is 0. The Morgan fingerprint density at radius 3 is 2.15 bits per heavy atom. The van der Waals surface area contributed by atoms with E-state index in [4.69, 9.17) is 5.11 Å². The summed E-state index contributed by atoms with van der Waals surface area (Å²) in [5.74, 6) is -1.35. The highest BCUT2D eigenvalue weighted by molar-refractivity contribution is 5.72. The van der Waals surface area contributed by atoms with Crippen molar-refractivity contribution in [3.05, 3.63) is 0 Å². The van der Waals surface area contributed by atoms with Crippen molar-refractivity contribution in [1.82, 2.24) is 0 Å². The number of halogens is 5. The molecule has 5 unspecified atom stereocenters.